The van der Waals surface area contributed by atoms with Crippen LogP contribution >= 0.6 is 0 Å². The molecule has 2 aliphatic heterocycles. The van der Waals surface area contributed by atoms with Gasteiger partial charge in [-0.1, -0.05) is 24.3 Å². The van der Waals surface area contributed by atoms with Gasteiger partial charge in [-0.15, -0.1) is 0 Å². The van der Waals surface area contributed by atoms with Crippen LogP contribution in [0.2, 0.25) is 0 Å². The Kier molecular flexibility index (Phi) is 6.82. The first-order valence-electron chi connectivity index (χ1n) is 12.4. The molecule has 5 rings (SSSR count). The minimum atomic E-state index is -3.92. The molecular weight excluding hydrogens is 496 g/mol. The number of methoxy groups -OCH3 is 1. The average molecular weight is 527 g/mol. The molecule has 0 saturated heterocycles. The SMILES string of the molecule is COc1ccc2c3c1OC1CC(=O)C=CC31CCN(CCCCNS(=O)(=O)c1ccccc1C(=O)O)C2. The van der Waals surface area contributed by atoms with E-state index in [1.165, 1.54) is 24.3 Å². The third kappa shape index (κ3) is 4.65. The van der Waals surface area contributed by atoms with Gasteiger partial charge in [-0.25, -0.2) is 17.9 Å². The number of carbonyl (C=O) groups is 2. The van der Waals surface area contributed by atoms with Crippen molar-refractivity contribution in [1.82, 2.24) is 9.62 Å². The number of carbonyl (C=O) groups excluding carboxylic acids is 1. The Labute approximate surface area is 216 Å². The number of benzene rings is 2. The second kappa shape index (κ2) is 9.92. The van der Waals surface area contributed by atoms with Gasteiger partial charge in [-0.3, -0.25) is 9.69 Å². The van der Waals surface area contributed by atoms with E-state index in [1.807, 2.05) is 12.1 Å². The van der Waals surface area contributed by atoms with E-state index in [0.717, 1.165) is 49.4 Å². The molecule has 2 atom stereocenters. The van der Waals surface area contributed by atoms with Crippen molar-refractivity contribution in [2.24, 2.45) is 0 Å². The molecule has 0 bridgehead atoms. The number of carboxylic acids is 1. The van der Waals surface area contributed by atoms with E-state index in [4.69, 9.17) is 9.47 Å². The van der Waals surface area contributed by atoms with Crippen LogP contribution < -0.4 is 14.2 Å². The van der Waals surface area contributed by atoms with Crippen LogP contribution in [0.4, 0.5) is 0 Å². The highest BCUT2D eigenvalue weighted by Gasteiger charge is 2.52. The zero-order valence-corrected chi connectivity index (χ0v) is 21.4. The third-order valence-corrected chi connectivity index (χ3v) is 9.04. The Morgan fingerprint density at radius 3 is 2.84 bits per heavy atom. The lowest BCUT2D eigenvalue weighted by molar-refractivity contribution is -0.117. The van der Waals surface area contributed by atoms with Gasteiger partial charge in [0.1, 0.15) is 6.10 Å². The summed E-state index contributed by atoms with van der Waals surface area (Å²) in [6.07, 6.45) is 6.00. The van der Waals surface area contributed by atoms with Gasteiger partial charge in [-0.2, -0.15) is 0 Å². The van der Waals surface area contributed by atoms with Gasteiger partial charge in [0.25, 0.3) is 0 Å². The highest BCUT2D eigenvalue weighted by molar-refractivity contribution is 7.89. The van der Waals surface area contributed by atoms with Crippen molar-refractivity contribution in [3.8, 4) is 11.5 Å². The second-order valence-electron chi connectivity index (χ2n) is 9.71. The quantitative estimate of drug-likeness (QED) is 0.479. The fraction of sp³-hybridized carbons (Fsp3) is 0.407. The van der Waals surface area contributed by atoms with Crippen LogP contribution in [0.5, 0.6) is 11.5 Å². The van der Waals surface area contributed by atoms with Crippen LogP contribution in [-0.2, 0) is 26.8 Å². The molecule has 3 aliphatic rings. The zero-order valence-electron chi connectivity index (χ0n) is 20.6. The summed E-state index contributed by atoms with van der Waals surface area (Å²) in [5, 5.41) is 9.30. The summed E-state index contributed by atoms with van der Waals surface area (Å²) < 4.78 is 39.7. The van der Waals surface area contributed by atoms with Crippen LogP contribution in [-0.4, -0.2) is 63.0 Å². The molecule has 37 heavy (non-hydrogen) atoms. The van der Waals surface area contributed by atoms with E-state index in [2.05, 4.69) is 15.7 Å². The van der Waals surface area contributed by atoms with Crippen LogP contribution in [0.15, 0.2) is 53.4 Å². The summed E-state index contributed by atoms with van der Waals surface area (Å²) in [4.78, 5) is 25.7. The molecule has 2 N–H and O–H groups in total. The van der Waals surface area contributed by atoms with Gasteiger partial charge in [0.15, 0.2) is 17.3 Å². The molecule has 0 radical (unpaired) electrons. The Morgan fingerprint density at radius 1 is 1.24 bits per heavy atom. The van der Waals surface area contributed by atoms with Crippen molar-refractivity contribution in [2.45, 2.75) is 48.6 Å². The van der Waals surface area contributed by atoms with E-state index in [-0.39, 0.29) is 34.3 Å². The topological polar surface area (TPSA) is 122 Å². The van der Waals surface area contributed by atoms with Gasteiger partial charge in [0.05, 0.1) is 23.0 Å². The molecule has 1 spiro atoms. The standard InChI is InChI=1S/C27H30N2O7S/c1-35-21-9-8-18-17-29(15-12-27-11-10-19(30)16-23(27)36-25(21)24(18)27)14-5-4-13-28-37(33,34)22-7-3-2-6-20(22)26(31)32/h2-3,6-11,23,28H,4-5,12-17H2,1H3,(H,31,32). The molecule has 1 aliphatic carbocycles. The first kappa shape index (κ1) is 25.4. The monoisotopic (exact) mass is 526 g/mol. The van der Waals surface area contributed by atoms with Crippen molar-refractivity contribution in [3.63, 3.8) is 0 Å². The fourth-order valence-electron chi connectivity index (χ4n) is 5.69. The minimum Gasteiger partial charge on any atom is -0.493 e. The summed E-state index contributed by atoms with van der Waals surface area (Å²) in [5.74, 6) is 0.207. The molecular formula is C27H30N2O7S. The molecule has 0 saturated carbocycles. The number of hydrogen-bond acceptors (Lipinski definition) is 7. The molecule has 9 nitrogen and oxygen atoms in total. The smallest absolute Gasteiger partial charge is 0.337 e. The number of ether oxygens (including phenoxy) is 2. The largest absolute Gasteiger partial charge is 0.493 e. The van der Waals surface area contributed by atoms with Crippen LogP contribution in [0.25, 0.3) is 0 Å². The highest BCUT2D eigenvalue weighted by Crippen LogP contribution is 2.55. The molecule has 0 fully saturated rings. The van der Waals surface area contributed by atoms with Crippen molar-refractivity contribution >= 4 is 21.8 Å². The molecule has 0 amide bonds. The second-order valence-corrected chi connectivity index (χ2v) is 11.4. The number of nitrogens with zero attached hydrogens (tertiary/aromatic N) is 1. The van der Waals surface area contributed by atoms with Crippen LogP contribution in [0.3, 0.4) is 0 Å². The van der Waals surface area contributed by atoms with Crippen molar-refractivity contribution in [1.29, 1.82) is 0 Å². The highest BCUT2D eigenvalue weighted by atomic mass is 32.2. The van der Waals surface area contributed by atoms with Gasteiger partial charge in [0.2, 0.25) is 10.0 Å². The van der Waals surface area contributed by atoms with E-state index < -0.39 is 16.0 Å². The Bertz CT molecular complexity index is 1370. The normalized spacial score (nSPS) is 22.6. The number of sulfonamides is 1. The molecule has 2 aromatic rings. The maximum atomic E-state index is 12.7. The van der Waals surface area contributed by atoms with Crippen LogP contribution in [0.1, 0.15) is 47.2 Å². The van der Waals surface area contributed by atoms with Gasteiger partial charge < -0.3 is 14.6 Å². The predicted molar refractivity (Wildman–Crippen MR) is 136 cm³/mol. The van der Waals surface area contributed by atoms with E-state index in [9.17, 15) is 23.1 Å². The number of carboxylic acid groups (broad SMARTS) is 1. The molecule has 0 aromatic heterocycles. The van der Waals surface area contributed by atoms with Gasteiger partial charge in [-0.05, 0) is 62.2 Å². The van der Waals surface area contributed by atoms with E-state index >= 15 is 0 Å². The van der Waals surface area contributed by atoms with Crippen molar-refractivity contribution in [2.75, 3.05) is 26.7 Å². The minimum absolute atomic E-state index is 0.0680. The van der Waals surface area contributed by atoms with Gasteiger partial charge >= 0.3 is 5.97 Å². The van der Waals surface area contributed by atoms with Crippen LogP contribution in [0, 0.1) is 0 Å². The maximum absolute atomic E-state index is 12.7. The van der Waals surface area contributed by atoms with E-state index in [1.54, 1.807) is 13.2 Å². The zero-order chi connectivity index (χ0) is 26.2. The molecule has 2 heterocycles. The Hall–Kier alpha value is -3.21. The lowest BCUT2D eigenvalue weighted by Gasteiger charge is -2.33. The first-order chi connectivity index (χ1) is 17.7. The number of allylic oxidation sites excluding steroid dienone is 1. The molecule has 196 valence electrons. The number of ketones is 1. The third-order valence-electron chi connectivity index (χ3n) is 7.52. The average Bonchev–Trinajstić information content (AvgIpc) is 3.12. The summed E-state index contributed by atoms with van der Waals surface area (Å²) in [6.45, 7) is 2.53. The number of hydrogen-bond donors (Lipinski definition) is 2. The first-order valence-corrected chi connectivity index (χ1v) is 13.9. The number of rotatable bonds is 9. The lowest BCUT2D eigenvalue weighted by atomic mass is 9.69. The Morgan fingerprint density at radius 2 is 2.05 bits per heavy atom. The predicted octanol–water partition coefficient (Wildman–Crippen LogP) is 2.89. The van der Waals surface area contributed by atoms with Crippen molar-refractivity contribution < 1.29 is 32.6 Å². The molecule has 2 aromatic carbocycles. The summed E-state index contributed by atoms with van der Waals surface area (Å²) >= 11 is 0. The molecule has 2 unspecified atom stereocenters. The summed E-state index contributed by atoms with van der Waals surface area (Å²) in [5.41, 5.74) is 1.67. The molecule has 10 heteroatoms. The number of nitrogens with one attached hydrogen (secondary N) is 1. The summed E-state index contributed by atoms with van der Waals surface area (Å²) in [7, 11) is -2.30. The fourth-order valence-corrected chi connectivity index (χ4v) is 6.96. The number of aromatic carboxylic acids is 1. The maximum Gasteiger partial charge on any atom is 0.337 e. The lowest BCUT2D eigenvalue weighted by Crippen LogP contribution is -2.42. The van der Waals surface area contributed by atoms with Crippen molar-refractivity contribution in [3.05, 3.63) is 65.2 Å². The number of unbranched alkanes of at least 4 members (excludes halogenated alkanes) is 1. The van der Waals surface area contributed by atoms with Gasteiger partial charge in [0, 0.05) is 25.1 Å². The Balaban J connectivity index is 1.24. The van der Waals surface area contributed by atoms with E-state index in [0.29, 0.717) is 18.6 Å². The summed E-state index contributed by atoms with van der Waals surface area (Å²) in [6, 6.07) is 9.57.